The minimum absolute atomic E-state index is 0.0584. The quantitative estimate of drug-likeness (QED) is 0.893. The van der Waals surface area contributed by atoms with E-state index in [1.165, 1.54) is 4.90 Å². The van der Waals surface area contributed by atoms with E-state index >= 15 is 0 Å². The van der Waals surface area contributed by atoms with Gasteiger partial charge in [0.15, 0.2) is 5.17 Å². The monoisotopic (exact) mass is 361 g/mol. The van der Waals surface area contributed by atoms with Crippen molar-refractivity contribution in [1.29, 1.82) is 0 Å². The van der Waals surface area contributed by atoms with Crippen LogP contribution in [0.15, 0.2) is 23.2 Å². The molecular formula is C14H14F3N3O3S. The fourth-order valence-corrected chi connectivity index (χ4v) is 2.92. The summed E-state index contributed by atoms with van der Waals surface area (Å²) < 4.78 is 41.4. The highest BCUT2D eigenvalue weighted by Gasteiger charge is 2.32. The lowest BCUT2D eigenvalue weighted by Gasteiger charge is -2.20. The lowest BCUT2D eigenvalue weighted by atomic mass is 10.1. The van der Waals surface area contributed by atoms with Gasteiger partial charge in [0, 0.05) is 5.56 Å². The van der Waals surface area contributed by atoms with Crippen molar-refractivity contribution >= 4 is 34.6 Å². The number of anilines is 1. The van der Waals surface area contributed by atoms with Crippen LogP contribution in [-0.4, -0.2) is 35.6 Å². The van der Waals surface area contributed by atoms with Gasteiger partial charge in [-0.25, -0.2) is 4.79 Å². The second-order valence-electron chi connectivity index (χ2n) is 4.99. The molecule has 0 spiro atoms. The Balaban J connectivity index is 2.32. The van der Waals surface area contributed by atoms with Gasteiger partial charge in [0.2, 0.25) is 5.91 Å². The summed E-state index contributed by atoms with van der Waals surface area (Å²) in [4.78, 5) is 27.9. The summed E-state index contributed by atoms with van der Waals surface area (Å²) in [5.74, 6) is -0.286. The molecule has 1 aliphatic rings. The average molecular weight is 361 g/mol. The maximum Gasteiger partial charge on any atom is 0.411 e. The fraction of sp³-hybridized carbons (Fsp3) is 0.357. The van der Waals surface area contributed by atoms with E-state index in [-0.39, 0.29) is 23.4 Å². The number of amides is 3. The van der Waals surface area contributed by atoms with Crippen molar-refractivity contribution < 1.29 is 27.5 Å². The number of thioether (sulfide) groups is 1. The zero-order chi connectivity index (χ0) is 17.9. The molecule has 1 fully saturated rings. The summed E-state index contributed by atoms with van der Waals surface area (Å²) in [6.45, 7) is 0.0289. The number of hydrogen-bond donors (Lipinski definition) is 1. The number of nitrogens with two attached hydrogens (primary N) is 1. The molecule has 1 aromatic carbocycles. The van der Waals surface area contributed by atoms with Gasteiger partial charge in [0.1, 0.15) is 6.61 Å². The third-order valence-corrected chi connectivity index (χ3v) is 3.90. The first-order chi connectivity index (χ1) is 11.2. The molecule has 2 N–H and O–H groups in total. The molecule has 1 aliphatic heterocycles. The van der Waals surface area contributed by atoms with E-state index in [0.29, 0.717) is 11.3 Å². The molecule has 3 amide bonds. The number of carbonyl (C=O) groups is 2. The van der Waals surface area contributed by atoms with Gasteiger partial charge in [0.05, 0.1) is 18.0 Å². The molecule has 0 bridgehead atoms. The van der Waals surface area contributed by atoms with Crippen molar-refractivity contribution in [3.63, 3.8) is 0 Å². The van der Waals surface area contributed by atoms with Crippen molar-refractivity contribution in [3.8, 4) is 0 Å². The highest BCUT2D eigenvalue weighted by atomic mass is 32.2. The maximum atomic E-state index is 12.2. The summed E-state index contributed by atoms with van der Waals surface area (Å²) in [7, 11) is 0. The Morgan fingerprint density at radius 3 is 2.79 bits per heavy atom. The zero-order valence-electron chi connectivity index (χ0n) is 12.6. The highest BCUT2D eigenvalue weighted by molar-refractivity contribution is 8.15. The molecule has 1 heterocycles. The van der Waals surface area contributed by atoms with E-state index in [1.54, 1.807) is 25.1 Å². The Labute approximate surface area is 139 Å². The first-order valence-corrected chi connectivity index (χ1v) is 7.74. The van der Waals surface area contributed by atoms with E-state index in [4.69, 9.17) is 5.73 Å². The van der Waals surface area contributed by atoms with Gasteiger partial charge in [-0.1, -0.05) is 23.9 Å². The van der Waals surface area contributed by atoms with Gasteiger partial charge in [0.25, 0.3) is 0 Å². The van der Waals surface area contributed by atoms with E-state index in [1.807, 2.05) is 0 Å². The third-order valence-electron chi connectivity index (χ3n) is 2.98. The molecule has 1 aromatic rings. The lowest BCUT2D eigenvalue weighted by molar-refractivity contribution is -0.176. The zero-order valence-corrected chi connectivity index (χ0v) is 13.4. The molecule has 0 atom stereocenters. The molecule has 0 saturated carbocycles. The molecule has 24 heavy (non-hydrogen) atoms. The molecule has 0 aromatic heterocycles. The number of benzene rings is 1. The van der Waals surface area contributed by atoms with E-state index in [2.05, 4.69) is 9.73 Å². The van der Waals surface area contributed by atoms with E-state index in [9.17, 15) is 22.8 Å². The minimum atomic E-state index is -4.44. The number of hydrogen-bond acceptors (Lipinski definition) is 4. The number of aryl methyl sites for hydroxylation is 1. The number of nitrogens with zero attached hydrogens (tertiary/aromatic N) is 2. The topological polar surface area (TPSA) is 85.0 Å². The van der Waals surface area contributed by atoms with Crippen LogP contribution in [0.1, 0.15) is 11.1 Å². The SMILES string of the molecule is Cc1ccc(COCC(F)(F)F)c(N2C(=O)CS/C2=N\C(N)=O)c1. The molecule has 6 nitrogen and oxygen atoms in total. The number of aliphatic imine (C=N–C) groups is 1. The Hall–Kier alpha value is -2.07. The van der Waals surface area contributed by atoms with Crippen LogP contribution in [0, 0.1) is 6.92 Å². The van der Waals surface area contributed by atoms with Gasteiger partial charge in [-0.15, -0.1) is 0 Å². The minimum Gasteiger partial charge on any atom is -0.367 e. The first-order valence-electron chi connectivity index (χ1n) is 6.75. The van der Waals surface area contributed by atoms with Crippen LogP contribution < -0.4 is 10.6 Å². The Morgan fingerprint density at radius 1 is 1.46 bits per heavy atom. The molecule has 1 saturated heterocycles. The smallest absolute Gasteiger partial charge is 0.367 e. The summed E-state index contributed by atoms with van der Waals surface area (Å²) in [6, 6.07) is 3.92. The van der Waals surface area contributed by atoms with Gasteiger partial charge < -0.3 is 10.5 Å². The first kappa shape index (κ1) is 18.3. The van der Waals surface area contributed by atoms with Crippen LogP contribution in [-0.2, 0) is 16.1 Å². The van der Waals surface area contributed by atoms with E-state index in [0.717, 1.165) is 17.3 Å². The Kier molecular flexibility index (Phi) is 5.50. The van der Waals surface area contributed by atoms with Crippen LogP contribution in [0.5, 0.6) is 0 Å². The summed E-state index contributed by atoms with van der Waals surface area (Å²) in [5, 5.41) is 0.0928. The second kappa shape index (κ2) is 7.22. The maximum absolute atomic E-state index is 12.2. The van der Waals surface area contributed by atoms with Crippen molar-refractivity contribution in [2.75, 3.05) is 17.3 Å². The molecule has 0 aliphatic carbocycles. The van der Waals surface area contributed by atoms with Gasteiger partial charge in [-0.3, -0.25) is 9.69 Å². The Bertz CT molecular complexity index is 692. The second-order valence-corrected chi connectivity index (χ2v) is 5.93. The number of ether oxygens (including phenoxy) is 1. The van der Waals surface area contributed by atoms with Crippen molar-refractivity contribution in [1.82, 2.24) is 0 Å². The van der Waals surface area contributed by atoms with Gasteiger partial charge in [-0.05, 0) is 18.6 Å². The molecule has 0 radical (unpaired) electrons. The number of carbonyl (C=O) groups excluding carboxylic acids is 2. The van der Waals surface area contributed by atoms with Crippen LogP contribution in [0.4, 0.5) is 23.7 Å². The Morgan fingerprint density at radius 2 is 2.17 bits per heavy atom. The standard InChI is InChI=1S/C14H14F3N3O3S/c1-8-2-3-9(5-23-7-14(15,16)17)10(4-8)20-11(21)6-24-13(20)19-12(18)22/h2-4H,5-7H2,1H3,(H2,18,22)/b19-13-. The fourth-order valence-electron chi connectivity index (χ4n) is 2.06. The largest absolute Gasteiger partial charge is 0.411 e. The molecule has 130 valence electrons. The predicted octanol–water partition coefficient (Wildman–Crippen LogP) is 2.59. The molecule has 0 unspecified atom stereocenters. The van der Waals surface area contributed by atoms with Crippen LogP contribution >= 0.6 is 11.8 Å². The van der Waals surface area contributed by atoms with Gasteiger partial charge >= 0.3 is 12.2 Å². The number of halogens is 3. The van der Waals surface area contributed by atoms with Crippen LogP contribution in [0.2, 0.25) is 0 Å². The summed E-state index contributed by atoms with van der Waals surface area (Å²) in [6.07, 6.45) is -4.44. The van der Waals surface area contributed by atoms with Crippen LogP contribution in [0.3, 0.4) is 0 Å². The third kappa shape index (κ3) is 4.71. The normalized spacial score (nSPS) is 16.9. The molecule has 2 rings (SSSR count). The number of amidine groups is 1. The van der Waals surface area contributed by atoms with Crippen molar-refractivity contribution in [2.24, 2.45) is 10.7 Å². The lowest BCUT2D eigenvalue weighted by Crippen LogP contribution is -2.31. The summed E-state index contributed by atoms with van der Waals surface area (Å²) >= 11 is 1.03. The highest BCUT2D eigenvalue weighted by Crippen LogP contribution is 2.31. The number of rotatable bonds is 4. The van der Waals surface area contributed by atoms with Crippen LogP contribution in [0.25, 0.3) is 0 Å². The molecular weight excluding hydrogens is 347 g/mol. The average Bonchev–Trinajstić information content (AvgIpc) is 2.79. The number of urea groups is 1. The molecule has 10 heteroatoms. The van der Waals surface area contributed by atoms with Crippen molar-refractivity contribution in [3.05, 3.63) is 29.3 Å². The summed E-state index contributed by atoms with van der Waals surface area (Å²) in [5.41, 5.74) is 6.51. The van der Waals surface area contributed by atoms with Crippen molar-refractivity contribution in [2.45, 2.75) is 19.7 Å². The van der Waals surface area contributed by atoms with Gasteiger partial charge in [-0.2, -0.15) is 18.2 Å². The predicted molar refractivity (Wildman–Crippen MR) is 83.9 cm³/mol. The number of alkyl halides is 3. The van der Waals surface area contributed by atoms with E-state index < -0.39 is 18.8 Å². The number of primary amides is 1.